The van der Waals surface area contributed by atoms with E-state index in [-0.39, 0.29) is 5.91 Å². The van der Waals surface area contributed by atoms with Gasteiger partial charge < -0.3 is 16.0 Å². The van der Waals surface area contributed by atoms with Gasteiger partial charge in [-0.05, 0) is 33.1 Å². The lowest BCUT2D eigenvalue weighted by atomic mass is 9.88. The topological polar surface area (TPSA) is 62.9 Å². The van der Waals surface area contributed by atoms with Crippen LogP contribution in [0.5, 0.6) is 0 Å². The minimum Gasteiger partial charge on any atom is -0.342 e. The SMILES string of the molecule is CC(C)(N)C(=O)N1CCCC2[NH2+]CCCC21. The first-order valence-electron chi connectivity index (χ1n) is 6.43. The summed E-state index contributed by atoms with van der Waals surface area (Å²) in [6, 6.07) is 1.05. The lowest BCUT2D eigenvalue weighted by Crippen LogP contribution is -2.96. The van der Waals surface area contributed by atoms with E-state index < -0.39 is 5.54 Å². The van der Waals surface area contributed by atoms with Gasteiger partial charge >= 0.3 is 0 Å². The average Bonchev–Trinajstić information content (AvgIpc) is 2.26. The van der Waals surface area contributed by atoms with E-state index in [1.807, 2.05) is 18.7 Å². The molecule has 92 valence electrons. The number of hydrogen-bond acceptors (Lipinski definition) is 2. The molecule has 2 aliphatic heterocycles. The fourth-order valence-electron chi connectivity index (χ4n) is 3.01. The van der Waals surface area contributed by atoms with Crippen molar-refractivity contribution in [1.29, 1.82) is 0 Å². The summed E-state index contributed by atoms with van der Waals surface area (Å²) in [6.45, 7) is 5.74. The summed E-state index contributed by atoms with van der Waals surface area (Å²) in [5.74, 6) is 0.123. The second-order valence-corrected chi connectivity index (χ2v) is 5.76. The Morgan fingerprint density at radius 3 is 2.81 bits per heavy atom. The summed E-state index contributed by atoms with van der Waals surface area (Å²) in [4.78, 5) is 14.3. The highest BCUT2D eigenvalue weighted by molar-refractivity contribution is 5.85. The molecule has 0 bridgehead atoms. The molecule has 4 N–H and O–H groups in total. The first-order valence-corrected chi connectivity index (χ1v) is 6.43. The predicted octanol–water partition coefficient (Wildman–Crippen LogP) is -0.559. The Kier molecular flexibility index (Phi) is 3.22. The maximum atomic E-state index is 12.3. The first kappa shape index (κ1) is 11.9. The van der Waals surface area contributed by atoms with Crippen LogP contribution in [0, 0.1) is 0 Å². The van der Waals surface area contributed by atoms with Crippen molar-refractivity contribution < 1.29 is 10.1 Å². The smallest absolute Gasteiger partial charge is 0.242 e. The summed E-state index contributed by atoms with van der Waals surface area (Å²) in [5.41, 5.74) is 5.21. The van der Waals surface area contributed by atoms with Gasteiger partial charge in [0.2, 0.25) is 5.91 Å². The van der Waals surface area contributed by atoms with Crippen LogP contribution >= 0.6 is 0 Å². The maximum absolute atomic E-state index is 12.3. The fraction of sp³-hybridized carbons (Fsp3) is 0.917. The van der Waals surface area contributed by atoms with Gasteiger partial charge in [-0.1, -0.05) is 0 Å². The summed E-state index contributed by atoms with van der Waals surface area (Å²) in [7, 11) is 0. The zero-order valence-electron chi connectivity index (χ0n) is 10.4. The molecule has 1 amide bonds. The molecule has 0 aromatic carbocycles. The van der Waals surface area contributed by atoms with Crippen LogP contribution in [-0.2, 0) is 4.79 Å². The highest BCUT2D eigenvalue weighted by atomic mass is 16.2. The highest BCUT2D eigenvalue weighted by Gasteiger charge is 2.41. The molecule has 2 unspecified atom stereocenters. The number of likely N-dealkylation sites (tertiary alicyclic amines) is 1. The van der Waals surface area contributed by atoms with Crippen LogP contribution in [0.4, 0.5) is 0 Å². The van der Waals surface area contributed by atoms with Gasteiger partial charge in [-0.15, -0.1) is 0 Å². The van der Waals surface area contributed by atoms with Crippen molar-refractivity contribution in [3.8, 4) is 0 Å². The second-order valence-electron chi connectivity index (χ2n) is 5.76. The number of fused-ring (bicyclic) bond motifs is 1. The van der Waals surface area contributed by atoms with E-state index in [1.165, 1.54) is 19.4 Å². The van der Waals surface area contributed by atoms with E-state index in [0.29, 0.717) is 12.1 Å². The van der Waals surface area contributed by atoms with Gasteiger partial charge in [0.25, 0.3) is 0 Å². The molecular formula is C12H24N3O+. The largest absolute Gasteiger partial charge is 0.342 e. The summed E-state index contributed by atoms with van der Waals surface area (Å²) in [6.07, 6.45) is 4.75. The molecule has 2 rings (SSSR count). The highest BCUT2D eigenvalue weighted by Crippen LogP contribution is 2.23. The predicted molar refractivity (Wildman–Crippen MR) is 62.8 cm³/mol. The van der Waals surface area contributed by atoms with Crippen LogP contribution in [0.1, 0.15) is 39.5 Å². The number of quaternary nitrogens is 1. The average molecular weight is 226 g/mol. The summed E-state index contributed by atoms with van der Waals surface area (Å²) >= 11 is 0. The molecule has 2 saturated heterocycles. The van der Waals surface area contributed by atoms with E-state index in [4.69, 9.17) is 5.73 Å². The number of carbonyl (C=O) groups excluding carboxylic acids is 1. The van der Waals surface area contributed by atoms with Gasteiger partial charge in [-0.3, -0.25) is 4.79 Å². The van der Waals surface area contributed by atoms with E-state index in [9.17, 15) is 4.79 Å². The zero-order valence-corrected chi connectivity index (χ0v) is 10.4. The lowest BCUT2D eigenvalue weighted by molar-refractivity contribution is -0.704. The molecule has 0 aromatic heterocycles. The Labute approximate surface area is 97.6 Å². The normalized spacial score (nSPS) is 31.1. The van der Waals surface area contributed by atoms with Crippen molar-refractivity contribution in [3.63, 3.8) is 0 Å². The zero-order chi connectivity index (χ0) is 11.8. The van der Waals surface area contributed by atoms with E-state index in [1.54, 1.807) is 0 Å². The van der Waals surface area contributed by atoms with Crippen LogP contribution < -0.4 is 11.1 Å². The number of nitrogens with two attached hydrogens (primary N) is 2. The van der Waals surface area contributed by atoms with Crippen LogP contribution in [0.3, 0.4) is 0 Å². The molecule has 2 atom stereocenters. The van der Waals surface area contributed by atoms with Gasteiger partial charge in [-0.25, -0.2) is 0 Å². The number of hydrogen-bond donors (Lipinski definition) is 2. The van der Waals surface area contributed by atoms with Crippen LogP contribution in [0.15, 0.2) is 0 Å². The van der Waals surface area contributed by atoms with Crippen molar-refractivity contribution in [2.45, 2.75) is 57.2 Å². The van der Waals surface area contributed by atoms with Gasteiger partial charge in [0.1, 0.15) is 6.04 Å². The van der Waals surface area contributed by atoms with Gasteiger partial charge in [-0.2, -0.15) is 0 Å². The monoisotopic (exact) mass is 226 g/mol. The molecule has 0 spiro atoms. The molecule has 16 heavy (non-hydrogen) atoms. The quantitative estimate of drug-likeness (QED) is 0.629. The summed E-state index contributed by atoms with van der Waals surface area (Å²) in [5, 5.41) is 2.41. The van der Waals surface area contributed by atoms with Crippen LogP contribution in [-0.4, -0.2) is 41.5 Å². The van der Waals surface area contributed by atoms with E-state index in [0.717, 1.165) is 19.4 Å². The third-order valence-corrected chi connectivity index (χ3v) is 3.82. The third kappa shape index (κ3) is 2.23. The molecule has 2 fully saturated rings. The van der Waals surface area contributed by atoms with Crippen molar-refractivity contribution in [1.82, 2.24) is 4.90 Å². The van der Waals surface area contributed by atoms with Gasteiger partial charge in [0.05, 0.1) is 18.1 Å². The van der Waals surface area contributed by atoms with E-state index in [2.05, 4.69) is 5.32 Å². The van der Waals surface area contributed by atoms with Crippen molar-refractivity contribution in [3.05, 3.63) is 0 Å². The van der Waals surface area contributed by atoms with Gasteiger partial charge in [0, 0.05) is 13.0 Å². The molecule has 2 heterocycles. The molecular weight excluding hydrogens is 202 g/mol. The molecule has 0 aliphatic carbocycles. The standard InChI is InChI=1S/C12H23N3O/c1-12(2,13)11(16)15-8-4-5-9-10(15)6-3-7-14-9/h9-10,14H,3-8,13H2,1-2H3/p+1. The maximum Gasteiger partial charge on any atom is 0.242 e. The molecule has 2 aliphatic rings. The number of piperidine rings is 2. The van der Waals surface area contributed by atoms with Crippen molar-refractivity contribution in [2.75, 3.05) is 13.1 Å². The minimum atomic E-state index is -0.723. The Bertz CT molecular complexity index is 270. The van der Waals surface area contributed by atoms with Crippen molar-refractivity contribution in [2.24, 2.45) is 5.73 Å². The number of rotatable bonds is 1. The van der Waals surface area contributed by atoms with Crippen LogP contribution in [0.2, 0.25) is 0 Å². The van der Waals surface area contributed by atoms with Gasteiger partial charge in [0.15, 0.2) is 0 Å². The first-order chi connectivity index (χ1) is 7.50. The number of nitrogens with zero attached hydrogens (tertiary/aromatic N) is 1. The Morgan fingerprint density at radius 2 is 2.12 bits per heavy atom. The molecule has 0 radical (unpaired) electrons. The third-order valence-electron chi connectivity index (χ3n) is 3.82. The summed E-state index contributed by atoms with van der Waals surface area (Å²) < 4.78 is 0. The molecule has 0 saturated carbocycles. The lowest BCUT2D eigenvalue weighted by Gasteiger charge is -2.44. The minimum absolute atomic E-state index is 0.123. The van der Waals surface area contributed by atoms with Crippen LogP contribution in [0.25, 0.3) is 0 Å². The Balaban J connectivity index is 2.11. The molecule has 0 aromatic rings. The Morgan fingerprint density at radius 1 is 1.38 bits per heavy atom. The number of amides is 1. The van der Waals surface area contributed by atoms with Crippen molar-refractivity contribution >= 4 is 5.91 Å². The second kappa shape index (κ2) is 4.34. The molecule has 4 heteroatoms. The Hall–Kier alpha value is -0.610. The number of carbonyl (C=O) groups is 1. The fourth-order valence-corrected chi connectivity index (χ4v) is 3.01. The molecule has 4 nitrogen and oxygen atoms in total. The van der Waals surface area contributed by atoms with E-state index >= 15 is 0 Å².